The number of carbonyl (C=O) groups is 2. The molecule has 130 valence electrons. The molecule has 0 saturated heterocycles. The highest BCUT2D eigenvalue weighted by Gasteiger charge is 2.11. The fourth-order valence-corrected chi connectivity index (χ4v) is 3.57. The maximum absolute atomic E-state index is 11.9. The fraction of sp³-hybridized carbons (Fsp3) is 0.250. The number of hydrogen-bond acceptors (Lipinski definition) is 7. The lowest BCUT2D eigenvalue weighted by Crippen LogP contribution is -2.26. The van der Waals surface area contributed by atoms with Gasteiger partial charge in [0, 0.05) is 19.0 Å². The quantitative estimate of drug-likeness (QED) is 0.542. The molecule has 0 radical (unpaired) electrons. The molecular formula is C16H16N4O3S2. The van der Waals surface area contributed by atoms with E-state index in [4.69, 9.17) is 9.68 Å². The molecule has 0 saturated carbocycles. The van der Waals surface area contributed by atoms with Crippen molar-refractivity contribution >= 4 is 46.1 Å². The van der Waals surface area contributed by atoms with Crippen molar-refractivity contribution in [3.8, 4) is 6.07 Å². The number of anilines is 1. The first-order valence-electron chi connectivity index (χ1n) is 7.35. The van der Waals surface area contributed by atoms with Gasteiger partial charge >= 0.3 is 0 Å². The smallest absolute Gasteiger partial charge is 0.244 e. The SMILES string of the molecule is Cc1nc(NC(=O)CCNC(=O)C=Cc2ccco2)sc1SCC#N. The number of thiazole rings is 1. The zero-order valence-corrected chi connectivity index (χ0v) is 15.1. The second-order valence-electron chi connectivity index (χ2n) is 4.78. The Morgan fingerprint density at radius 1 is 1.52 bits per heavy atom. The Morgan fingerprint density at radius 2 is 2.36 bits per heavy atom. The van der Waals surface area contributed by atoms with Gasteiger partial charge in [-0.1, -0.05) is 23.1 Å². The van der Waals surface area contributed by atoms with Crippen LogP contribution in [0.1, 0.15) is 17.9 Å². The summed E-state index contributed by atoms with van der Waals surface area (Å²) in [6.07, 6.45) is 4.56. The average Bonchev–Trinajstić information content (AvgIpc) is 3.20. The van der Waals surface area contributed by atoms with Crippen molar-refractivity contribution in [2.45, 2.75) is 17.6 Å². The molecule has 0 bridgehead atoms. The predicted molar refractivity (Wildman–Crippen MR) is 97.2 cm³/mol. The van der Waals surface area contributed by atoms with Crippen LogP contribution in [-0.4, -0.2) is 29.1 Å². The van der Waals surface area contributed by atoms with Gasteiger partial charge in [0.15, 0.2) is 5.13 Å². The molecule has 0 atom stereocenters. The zero-order chi connectivity index (χ0) is 18.1. The van der Waals surface area contributed by atoms with Crippen LogP contribution >= 0.6 is 23.1 Å². The Labute approximate surface area is 153 Å². The van der Waals surface area contributed by atoms with Crippen molar-refractivity contribution in [1.29, 1.82) is 5.26 Å². The van der Waals surface area contributed by atoms with E-state index in [-0.39, 0.29) is 24.8 Å². The number of aromatic nitrogens is 1. The van der Waals surface area contributed by atoms with E-state index in [1.54, 1.807) is 18.2 Å². The monoisotopic (exact) mass is 376 g/mol. The number of amides is 2. The minimum absolute atomic E-state index is 0.139. The number of nitrogens with zero attached hydrogens (tertiary/aromatic N) is 2. The first-order chi connectivity index (χ1) is 12.1. The third-order valence-electron chi connectivity index (χ3n) is 2.86. The van der Waals surface area contributed by atoms with Gasteiger partial charge in [0.1, 0.15) is 5.76 Å². The molecule has 2 aromatic heterocycles. The number of furan rings is 1. The van der Waals surface area contributed by atoms with Gasteiger partial charge in [-0.15, -0.1) is 0 Å². The van der Waals surface area contributed by atoms with Crippen LogP contribution in [0.2, 0.25) is 0 Å². The average molecular weight is 376 g/mol. The maximum atomic E-state index is 11.9. The van der Waals surface area contributed by atoms with Gasteiger partial charge in [-0.05, 0) is 25.1 Å². The number of aryl methyl sites for hydroxylation is 1. The van der Waals surface area contributed by atoms with E-state index in [1.807, 2.05) is 6.92 Å². The fourth-order valence-electron chi connectivity index (χ4n) is 1.75. The standard InChI is InChI=1S/C16H16N4O3S2/c1-11-15(24-10-7-17)25-16(19-11)20-14(22)6-8-18-13(21)5-4-12-3-2-9-23-12/h2-5,9H,6,8,10H2,1H3,(H,18,21)(H,19,20,22). The van der Waals surface area contributed by atoms with Crippen molar-refractivity contribution in [3.63, 3.8) is 0 Å². The van der Waals surface area contributed by atoms with Crippen molar-refractivity contribution in [2.24, 2.45) is 0 Å². The van der Waals surface area contributed by atoms with Gasteiger partial charge in [-0.3, -0.25) is 9.59 Å². The molecular weight excluding hydrogens is 360 g/mol. The molecule has 7 nitrogen and oxygen atoms in total. The second kappa shape index (κ2) is 9.66. The molecule has 0 fully saturated rings. The first kappa shape index (κ1) is 18.8. The predicted octanol–water partition coefficient (Wildman–Crippen LogP) is 2.82. The number of carbonyl (C=O) groups excluding carboxylic acids is 2. The highest BCUT2D eigenvalue weighted by atomic mass is 32.2. The minimum Gasteiger partial charge on any atom is -0.465 e. The lowest BCUT2D eigenvalue weighted by atomic mass is 10.3. The van der Waals surface area contributed by atoms with Crippen LogP contribution in [0, 0.1) is 18.3 Å². The van der Waals surface area contributed by atoms with Crippen molar-refractivity contribution < 1.29 is 14.0 Å². The number of nitrogens with one attached hydrogen (secondary N) is 2. The molecule has 0 aliphatic carbocycles. The highest BCUT2D eigenvalue weighted by molar-refractivity contribution is 8.01. The highest BCUT2D eigenvalue weighted by Crippen LogP contribution is 2.31. The van der Waals surface area contributed by atoms with Crippen LogP contribution in [0.25, 0.3) is 6.08 Å². The van der Waals surface area contributed by atoms with Gasteiger partial charge in [-0.2, -0.15) is 5.26 Å². The van der Waals surface area contributed by atoms with Gasteiger partial charge in [0.25, 0.3) is 0 Å². The third kappa shape index (κ3) is 6.45. The number of nitriles is 1. The Kier molecular flexibility index (Phi) is 7.25. The summed E-state index contributed by atoms with van der Waals surface area (Å²) >= 11 is 2.73. The summed E-state index contributed by atoms with van der Waals surface area (Å²) in [5, 5.41) is 14.4. The molecule has 2 rings (SSSR count). The lowest BCUT2D eigenvalue weighted by Gasteiger charge is -2.02. The van der Waals surface area contributed by atoms with Gasteiger partial charge < -0.3 is 15.1 Å². The number of rotatable bonds is 8. The van der Waals surface area contributed by atoms with Crippen LogP contribution in [0.15, 0.2) is 33.1 Å². The summed E-state index contributed by atoms with van der Waals surface area (Å²) in [6.45, 7) is 2.05. The topological polar surface area (TPSA) is 108 Å². The Hall–Kier alpha value is -2.57. The molecule has 25 heavy (non-hydrogen) atoms. The van der Waals surface area contributed by atoms with Crippen molar-refractivity contribution in [2.75, 3.05) is 17.6 Å². The summed E-state index contributed by atoms with van der Waals surface area (Å²) in [6, 6.07) is 5.52. The van der Waals surface area contributed by atoms with Crippen LogP contribution in [0.5, 0.6) is 0 Å². The Bertz CT molecular complexity index is 791. The molecule has 9 heteroatoms. The molecule has 2 N–H and O–H groups in total. The van der Waals surface area contributed by atoms with Crippen molar-refractivity contribution in [3.05, 3.63) is 35.9 Å². The molecule has 2 heterocycles. The third-order valence-corrected chi connectivity index (χ3v) is 5.16. The van der Waals surface area contributed by atoms with Gasteiger partial charge in [-0.25, -0.2) is 4.98 Å². The van der Waals surface area contributed by atoms with E-state index in [9.17, 15) is 9.59 Å². The van der Waals surface area contributed by atoms with E-state index in [0.717, 1.165) is 9.90 Å². The van der Waals surface area contributed by atoms with Gasteiger partial charge in [0.2, 0.25) is 11.8 Å². The summed E-state index contributed by atoms with van der Waals surface area (Å²) in [4.78, 5) is 27.8. The summed E-state index contributed by atoms with van der Waals surface area (Å²) in [5.74, 6) is 0.385. The molecule has 0 aliphatic heterocycles. The van der Waals surface area contributed by atoms with Crippen molar-refractivity contribution in [1.82, 2.24) is 10.3 Å². The Balaban J connectivity index is 1.72. The molecule has 2 amide bonds. The maximum Gasteiger partial charge on any atom is 0.244 e. The van der Waals surface area contributed by atoms with Crippen LogP contribution in [-0.2, 0) is 9.59 Å². The Morgan fingerprint density at radius 3 is 3.08 bits per heavy atom. The van der Waals surface area contributed by atoms with Crippen LogP contribution in [0.3, 0.4) is 0 Å². The van der Waals surface area contributed by atoms with E-state index in [0.29, 0.717) is 16.6 Å². The van der Waals surface area contributed by atoms with E-state index < -0.39 is 0 Å². The van der Waals surface area contributed by atoms with E-state index in [2.05, 4.69) is 21.7 Å². The molecule has 0 aliphatic rings. The largest absolute Gasteiger partial charge is 0.465 e. The number of hydrogen-bond donors (Lipinski definition) is 2. The lowest BCUT2D eigenvalue weighted by molar-refractivity contribution is -0.117. The first-order valence-corrected chi connectivity index (χ1v) is 9.15. The second-order valence-corrected chi connectivity index (χ2v) is 7.02. The summed E-state index contributed by atoms with van der Waals surface area (Å²) in [5.41, 5.74) is 0.789. The molecule has 0 spiro atoms. The van der Waals surface area contributed by atoms with E-state index in [1.165, 1.54) is 35.4 Å². The number of thioether (sulfide) groups is 1. The normalized spacial score (nSPS) is 10.6. The minimum atomic E-state index is -0.301. The molecule has 0 aromatic carbocycles. The van der Waals surface area contributed by atoms with Crippen LogP contribution < -0.4 is 10.6 Å². The van der Waals surface area contributed by atoms with Crippen LogP contribution in [0.4, 0.5) is 5.13 Å². The zero-order valence-electron chi connectivity index (χ0n) is 13.4. The summed E-state index contributed by atoms with van der Waals surface area (Å²) in [7, 11) is 0. The molecule has 2 aromatic rings. The molecule has 0 unspecified atom stereocenters. The van der Waals surface area contributed by atoms with E-state index >= 15 is 0 Å². The summed E-state index contributed by atoms with van der Waals surface area (Å²) < 4.78 is 5.98. The van der Waals surface area contributed by atoms with Gasteiger partial charge in [0.05, 0.1) is 28.0 Å².